The monoisotopic (exact) mass is 288 g/mol. The van der Waals surface area contributed by atoms with E-state index in [0.717, 1.165) is 25.7 Å². The minimum absolute atomic E-state index is 0.0188. The van der Waals surface area contributed by atoms with Crippen molar-refractivity contribution >= 4 is 0 Å². The second-order valence-corrected chi connectivity index (χ2v) is 6.98. The van der Waals surface area contributed by atoms with E-state index in [4.69, 9.17) is 0 Å². The highest BCUT2D eigenvalue weighted by molar-refractivity contribution is 5.30. The smallest absolute Gasteiger partial charge is 0.111 e. The van der Waals surface area contributed by atoms with Gasteiger partial charge in [-0.15, -0.1) is 0 Å². The van der Waals surface area contributed by atoms with E-state index in [1.807, 2.05) is 24.3 Å². The molecule has 2 unspecified atom stereocenters. The SMILES string of the molecule is CCC1(C(C)(C)C2(CC)C=CC(O)=CC2)C=CC(O)=CC1. The molecule has 2 rings (SSSR count). The zero-order valence-corrected chi connectivity index (χ0v) is 13.7. The molecule has 0 radical (unpaired) electrons. The summed E-state index contributed by atoms with van der Waals surface area (Å²) in [5.74, 6) is 0.745. The Morgan fingerprint density at radius 3 is 1.52 bits per heavy atom. The Morgan fingerprint density at radius 1 is 0.905 bits per heavy atom. The van der Waals surface area contributed by atoms with Gasteiger partial charge in [-0.05, 0) is 66.2 Å². The standard InChI is InChI=1S/C19H28O2/c1-5-18(11-7-15(20)8-12-18)17(3,4)19(6-2)13-9-16(21)10-14-19/h7-11,13,20-21H,5-6,12,14H2,1-4H3. The average molecular weight is 288 g/mol. The summed E-state index contributed by atoms with van der Waals surface area (Å²) < 4.78 is 0. The maximum absolute atomic E-state index is 9.69. The fourth-order valence-corrected chi connectivity index (χ4v) is 4.17. The third-order valence-corrected chi connectivity index (χ3v) is 6.25. The van der Waals surface area contributed by atoms with Crippen LogP contribution in [-0.2, 0) is 0 Å². The zero-order chi connectivity index (χ0) is 15.7. The summed E-state index contributed by atoms with van der Waals surface area (Å²) in [5.41, 5.74) is 0.0751. The Kier molecular flexibility index (Phi) is 4.10. The van der Waals surface area contributed by atoms with Crippen LogP contribution in [0.15, 0.2) is 48.0 Å². The Labute approximate surface area is 128 Å². The van der Waals surface area contributed by atoms with Gasteiger partial charge in [0.05, 0.1) is 0 Å². The molecular formula is C19H28O2. The largest absolute Gasteiger partial charge is 0.508 e. The second kappa shape index (κ2) is 5.40. The molecule has 116 valence electrons. The molecule has 0 aromatic rings. The molecule has 0 saturated carbocycles. The second-order valence-electron chi connectivity index (χ2n) is 6.98. The lowest BCUT2D eigenvalue weighted by Gasteiger charge is -2.56. The molecule has 0 aromatic carbocycles. The summed E-state index contributed by atoms with van der Waals surface area (Å²) in [6.07, 6.45) is 15.8. The van der Waals surface area contributed by atoms with Crippen LogP contribution in [0.1, 0.15) is 53.4 Å². The Balaban J connectivity index is 2.44. The van der Waals surface area contributed by atoms with Gasteiger partial charge in [0.25, 0.3) is 0 Å². The number of aliphatic hydroxyl groups excluding tert-OH is 2. The van der Waals surface area contributed by atoms with Gasteiger partial charge in [0.1, 0.15) is 11.5 Å². The summed E-state index contributed by atoms with van der Waals surface area (Å²) in [4.78, 5) is 0. The van der Waals surface area contributed by atoms with Crippen LogP contribution in [0.25, 0.3) is 0 Å². The molecule has 0 amide bonds. The lowest BCUT2D eigenvalue weighted by molar-refractivity contribution is -0.00861. The van der Waals surface area contributed by atoms with Gasteiger partial charge in [0.2, 0.25) is 0 Å². The first kappa shape index (κ1) is 15.9. The van der Waals surface area contributed by atoms with Crippen molar-refractivity contribution in [2.24, 2.45) is 16.2 Å². The van der Waals surface area contributed by atoms with Gasteiger partial charge in [-0.1, -0.05) is 39.8 Å². The molecule has 0 heterocycles. The molecule has 2 nitrogen and oxygen atoms in total. The van der Waals surface area contributed by atoms with Crippen LogP contribution >= 0.6 is 0 Å². The van der Waals surface area contributed by atoms with E-state index in [2.05, 4.69) is 39.8 Å². The van der Waals surface area contributed by atoms with Crippen LogP contribution in [-0.4, -0.2) is 10.2 Å². The Hall–Kier alpha value is -1.44. The molecule has 0 saturated heterocycles. The van der Waals surface area contributed by atoms with Gasteiger partial charge in [0.15, 0.2) is 0 Å². The van der Waals surface area contributed by atoms with E-state index in [1.165, 1.54) is 0 Å². The summed E-state index contributed by atoms with van der Waals surface area (Å²) in [5, 5.41) is 19.4. The molecule has 2 N–H and O–H groups in total. The molecule has 21 heavy (non-hydrogen) atoms. The molecule has 2 heteroatoms. The first-order chi connectivity index (χ1) is 9.82. The molecule has 2 atom stereocenters. The molecule has 0 fully saturated rings. The average Bonchev–Trinajstić information content (AvgIpc) is 2.49. The van der Waals surface area contributed by atoms with E-state index in [1.54, 1.807) is 0 Å². The van der Waals surface area contributed by atoms with E-state index in [0.29, 0.717) is 11.5 Å². The minimum atomic E-state index is 0.0188. The predicted molar refractivity (Wildman–Crippen MR) is 88.2 cm³/mol. The highest BCUT2D eigenvalue weighted by atomic mass is 16.3. The summed E-state index contributed by atoms with van der Waals surface area (Å²) >= 11 is 0. The van der Waals surface area contributed by atoms with Gasteiger partial charge in [0, 0.05) is 0 Å². The minimum Gasteiger partial charge on any atom is -0.508 e. The lowest BCUT2D eigenvalue weighted by atomic mass is 9.47. The van der Waals surface area contributed by atoms with Crippen molar-refractivity contribution in [2.45, 2.75) is 53.4 Å². The van der Waals surface area contributed by atoms with Crippen LogP contribution < -0.4 is 0 Å². The van der Waals surface area contributed by atoms with Crippen LogP contribution in [0.4, 0.5) is 0 Å². The van der Waals surface area contributed by atoms with Crippen molar-refractivity contribution < 1.29 is 10.2 Å². The maximum Gasteiger partial charge on any atom is 0.111 e. The van der Waals surface area contributed by atoms with Crippen molar-refractivity contribution in [3.8, 4) is 0 Å². The van der Waals surface area contributed by atoms with E-state index >= 15 is 0 Å². The van der Waals surface area contributed by atoms with Crippen LogP contribution in [0.3, 0.4) is 0 Å². The van der Waals surface area contributed by atoms with Gasteiger partial charge in [-0.25, -0.2) is 0 Å². The van der Waals surface area contributed by atoms with Crippen molar-refractivity contribution in [3.05, 3.63) is 48.0 Å². The first-order valence-corrected chi connectivity index (χ1v) is 7.99. The van der Waals surface area contributed by atoms with E-state index < -0.39 is 0 Å². The molecule has 2 aliphatic rings. The van der Waals surface area contributed by atoms with Gasteiger partial charge >= 0.3 is 0 Å². The fourth-order valence-electron chi connectivity index (χ4n) is 4.17. The summed E-state index contributed by atoms with van der Waals surface area (Å²) in [7, 11) is 0. The lowest BCUT2D eigenvalue weighted by Crippen LogP contribution is -2.49. The highest BCUT2D eigenvalue weighted by Gasteiger charge is 2.53. The third kappa shape index (κ3) is 2.35. The zero-order valence-electron chi connectivity index (χ0n) is 13.7. The summed E-state index contributed by atoms with van der Waals surface area (Å²) in [6.45, 7) is 9.12. The summed E-state index contributed by atoms with van der Waals surface area (Å²) in [6, 6.07) is 0. The highest BCUT2D eigenvalue weighted by Crippen LogP contribution is 2.61. The molecular weight excluding hydrogens is 260 g/mol. The number of aliphatic hydroxyl groups is 2. The van der Waals surface area contributed by atoms with Crippen LogP contribution in [0.5, 0.6) is 0 Å². The van der Waals surface area contributed by atoms with Crippen molar-refractivity contribution in [2.75, 3.05) is 0 Å². The topological polar surface area (TPSA) is 40.5 Å². The Bertz CT molecular complexity index is 476. The van der Waals surface area contributed by atoms with Gasteiger partial charge < -0.3 is 10.2 Å². The predicted octanol–water partition coefficient (Wildman–Crippen LogP) is 5.61. The Morgan fingerprint density at radius 2 is 1.29 bits per heavy atom. The van der Waals surface area contributed by atoms with E-state index in [-0.39, 0.29) is 16.2 Å². The number of hydrogen-bond acceptors (Lipinski definition) is 2. The fraction of sp³-hybridized carbons (Fsp3) is 0.579. The maximum atomic E-state index is 9.69. The quantitative estimate of drug-likeness (QED) is 0.706. The number of rotatable bonds is 4. The van der Waals surface area contributed by atoms with Gasteiger partial charge in [-0.2, -0.15) is 0 Å². The molecule has 0 bridgehead atoms. The molecule has 2 aliphatic carbocycles. The number of allylic oxidation sites excluding steroid dienone is 6. The van der Waals surface area contributed by atoms with Crippen LogP contribution in [0, 0.1) is 16.2 Å². The van der Waals surface area contributed by atoms with Crippen molar-refractivity contribution in [3.63, 3.8) is 0 Å². The van der Waals surface area contributed by atoms with Gasteiger partial charge in [-0.3, -0.25) is 0 Å². The molecule has 0 aromatic heterocycles. The van der Waals surface area contributed by atoms with Crippen LogP contribution in [0.2, 0.25) is 0 Å². The third-order valence-electron chi connectivity index (χ3n) is 6.25. The van der Waals surface area contributed by atoms with Crippen molar-refractivity contribution in [1.82, 2.24) is 0 Å². The van der Waals surface area contributed by atoms with E-state index in [9.17, 15) is 10.2 Å². The molecule has 0 aliphatic heterocycles. The molecule has 0 spiro atoms. The first-order valence-electron chi connectivity index (χ1n) is 7.99. The number of hydrogen-bond donors (Lipinski definition) is 2. The van der Waals surface area contributed by atoms with Crippen molar-refractivity contribution in [1.29, 1.82) is 0 Å². The normalized spacial score (nSPS) is 32.8.